The summed E-state index contributed by atoms with van der Waals surface area (Å²) in [5.74, 6) is 0. The van der Waals surface area contributed by atoms with Crippen molar-refractivity contribution < 1.29 is 0 Å². The Morgan fingerprint density at radius 3 is 2.92 bits per heavy atom. The molecule has 0 bridgehead atoms. The van der Waals surface area contributed by atoms with E-state index in [4.69, 9.17) is 5.26 Å². The van der Waals surface area contributed by atoms with E-state index in [9.17, 15) is 0 Å². The standard InChI is InChI=1S/C10H8N2/c1-7-4-9-3-2-8(6-11)5-10(9)12-7/h2-5,12H,1H3. The number of fused-ring (bicyclic) bond motifs is 1. The molecule has 0 saturated carbocycles. The van der Waals surface area contributed by atoms with Gasteiger partial charge < -0.3 is 4.98 Å². The monoisotopic (exact) mass is 156 g/mol. The number of benzene rings is 1. The maximum absolute atomic E-state index is 8.64. The van der Waals surface area contributed by atoms with Gasteiger partial charge in [0.15, 0.2) is 0 Å². The molecule has 2 heteroatoms. The van der Waals surface area contributed by atoms with Crippen molar-refractivity contribution in [3.8, 4) is 6.07 Å². The molecule has 2 aromatic rings. The summed E-state index contributed by atoms with van der Waals surface area (Å²) in [6.07, 6.45) is 0. The highest BCUT2D eigenvalue weighted by atomic mass is 14.7. The molecule has 0 aliphatic rings. The van der Waals surface area contributed by atoms with Crippen molar-refractivity contribution in [3.05, 3.63) is 35.5 Å². The molecule has 2 rings (SSSR count). The average molecular weight is 156 g/mol. The van der Waals surface area contributed by atoms with Gasteiger partial charge in [-0.1, -0.05) is 6.07 Å². The van der Waals surface area contributed by atoms with Gasteiger partial charge in [-0.2, -0.15) is 5.26 Å². The molecular weight excluding hydrogens is 148 g/mol. The van der Waals surface area contributed by atoms with Crippen molar-refractivity contribution >= 4 is 10.9 Å². The summed E-state index contributed by atoms with van der Waals surface area (Å²) in [6.45, 7) is 2.01. The Bertz CT molecular complexity index is 460. The lowest BCUT2D eigenvalue weighted by molar-refractivity contribution is 1.30. The molecule has 0 amide bonds. The fourth-order valence-corrected chi connectivity index (χ4v) is 1.34. The predicted molar refractivity (Wildman–Crippen MR) is 47.8 cm³/mol. The molecule has 1 heterocycles. The minimum Gasteiger partial charge on any atom is -0.359 e. The van der Waals surface area contributed by atoms with E-state index in [-0.39, 0.29) is 0 Å². The van der Waals surface area contributed by atoms with Crippen LogP contribution >= 0.6 is 0 Å². The van der Waals surface area contributed by atoms with Crippen molar-refractivity contribution in [3.63, 3.8) is 0 Å². The molecule has 12 heavy (non-hydrogen) atoms. The molecule has 0 saturated heterocycles. The summed E-state index contributed by atoms with van der Waals surface area (Å²) in [6, 6.07) is 9.82. The largest absolute Gasteiger partial charge is 0.359 e. The van der Waals surface area contributed by atoms with Crippen LogP contribution in [0.2, 0.25) is 0 Å². The Balaban J connectivity index is 2.77. The van der Waals surface area contributed by atoms with Crippen molar-refractivity contribution in [2.24, 2.45) is 0 Å². The number of hydrogen-bond donors (Lipinski definition) is 1. The summed E-state index contributed by atoms with van der Waals surface area (Å²) < 4.78 is 0. The van der Waals surface area contributed by atoms with Gasteiger partial charge in [-0.3, -0.25) is 0 Å². The lowest BCUT2D eigenvalue weighted by Crippen LogP contribution is -1.73. The molecule has 58 valence electrons. The number of H-pyrrole nitrogens is 1. The van der Waals surface area contributed by atoms with Crippen LogP contribution in [0, 0.1) is 18.3 Å². The highest BCUT2D eigenvalue weighted by Crippen LogP contribution is 2.15. The highest BCUT2D eigenvalue weighted by molar-refractivity contribution is 5.81. The zero-order valence-corrected chi connectivity index (χ0v) is 6.76. The van der Waals surface area contributed by atoms with E-state index in [1.54, 1.807) is 0 Å². The molecular formula is C10H8N2. The lowest BCUT2D eigenvalue weighted by atomic mass is 10.2. The maximum Gasteiger partial charge on any atom is 0.0992 e. The second-order valence-electron chi connectivity index (χ2n) is 2.87. The van der Waals surface area contributed by atoms with Crippen LogP contribution in [-0.4, -0.2) is 4.98 Å². The number of nitrogens with one attached hydrogen (secondary N) is 1. The Labute approximate surface area is 70.4 Å². The smallest absolute Gasteiger partial charge is 0.0992 e. The summed E-state index contributed by atoms with van der Waals surface area (Å²) in [7, 11) is 0. The molecule has 0 aliphatic carbocycles. The minimum atomic E-state index is 0.698. The fourth-order valence-electron chi connectivity index (χ4n) is 1.34. The minimum absolute atomic E-state index is 0.698. The first-order valence-corrected chi connectivity index (χ1v) is 3.79. The number of rotatable bonds is 0. The summed E-state index contributed by atoms with van der Waals surface area (Å²) >= 11 is 0. The van der Waals surface area contributed by atoms with E-state index in [2.05, 4.69) is 17.1 Å². The number of nitriles is 1. The molecule has 2 nitrogen and oxygen atoms in total. The van der Waals surface area contributed by atoms with E-state index >= 15 is 0 Å². The van der Waals surface area contributed by atoms with Crippen LogP contribution in [0.25, 0.3) is 10.9 Å². The molecule has 1 aromatic carbocycles. The first-order chi connectivity index (χ1) is 5.79. The Hall–Kier alpha value is -1.75. The summed E-state index contributed by atoms with van der Waals surface area (Å²) in [5, 5.41) is 9.80. The highest BCUT2D eigenvalue weighted by Gasteiger charge is 1.97. The van der Waals surface area contributed by atoms with Crippen LogP contribution in [0.4, 0.5) is 0 Å². The molecule has 0 radical (unpaired) electrons. The molecule has 0 spiro atoms. The second-order valence-corrected chi connectivity index (χ2v) is 2.87. The van der Waals surface area contributed by atoms with E-state index < -0.39 is 0 Å². The number of aryl methyl sites for hydroxylation is 1. The zero-order valence-electron chi connectivity index (χ0n) is 6.76. The van der Waals surface area contributed by atoms with Gasteiger partial charge in [0.05, 0.1) is 11.6 Å². The third-order valence-corrected chi connectivity index (χ3v) is 1.89. The van der Waals surface area contributed by atoms with Crippen LogP contribution in [-0.2, 0) is 0 Å². The Morgan fingerprint density at radius 2 is 2.17 bits per heavy atom. The SMILES string of the molecule is Cc1cc2ccc(C#N)cc2[nH]1. The van der Waals surface area contributed by atoms with Crippen LogP contribution < -0.4 is 0 Å². The van der Waals surface area contributed by atoms with Gasteiger partial charge in [0.1, 0.15) is 0 Å². The Morgan fingerprint density at radius 1 is 1.33 bits per heavy atom. The molecule has 1 N–H and O–H groups in total. The third kappa shape index (κ3) is 0.960. The molecule has 1 aromatic heterocycles. The number of nitrogens with zero attached hydrogens (tertiary/aromatic N) is 1. The quantitative estimate of drug-likeness (QED) is 0.624. The molecule has 0 aliphatic heterocycles. The normalized spacial score (nSPS) is 10.0. The van der Waals surface area contributed by atoms with Gasteiger partial charge >= 0.3 is 0 Å². The predicted octanol–water partition coefficient (Wildman–Crippen LogP) is 2.35. The average Bonchev–Trinajstić information content (AvgIpc) is 2.43. The molecule has 0 fully saturated rings. The number of hydrogen-bond acceptors (Lipinski definition) is 1. The van der Waals surface area contributed by atoms with Crippen LogP contribution in [0.5, 0.6) is 0 Å². The van der Waals surface area contributed by atoms with E-state index in [0.29, 0.717) is 5.56 Å². The Kier molecular flexibility index (Phi) is 1.38. The molecule has 0 unspecified atom stereocenters. The van der Waals surface area contributed by atoms with Crippen molar-refractivity contribution in [1.29, 1.82) is 5.26 Å². The third-order valence-electron chi connectivity index (χ3n) is 1.89. The van der Waals surface area contributed by atoms with Crippen LogP contribution in [0.15, 0.2) is 24.3 Å². The van der Waals surface area contributed by atoms with Gasteiger partial charge in [0.2, 0.25) is 0 Å². The topological polar surface area (TPSA) is 39.6 Å². The lowest BCUT2D eigenvalue weighted by Gasteiger charge is -1.88. The van der Waals surface area contributed by atoms with Gasteiger partial charge in [-0.25, -0.2) is 0 Å². The summed E-state index contributed by atoms with van der Waals surface area (Å²) in [5.41, 5.74) is 2.86. The van der Waals surface area contributed by atoms with Gasteiger partial charge in [0, 0.05) is 11.2 Å². The zero-order chi connectivity index (χ0) is 8.55. The van der Waals surface area contributed by atoms with E-state index in [1.807, 2.05) is 25.1 Å². The van der Waals surface area contributed by atoms with Gasteiger partial charge in [-0.05, 0) is 30.5 Å². The molecule has 0 atom stereocenters. The van der Waals surface area contributed by atoms with Gasteiger partial charge in [0.25, 0.3) is 0 Å². The van der Waals surface area contributed by atoms with Crippen molar-refractivity contribution in [2.75, 3.05) is 0 Å². The second kappa shape index (κ2) is 2.38. The van der Waals surface area contributed by atoms with Crippen molar-refractivity contribution in [1.82, 2.24) is 4.98 Å². The summed E-state index contributed by atoms with van der Waals surface area (Å²) in [4.78, 5) is 3.18. The number of aromatic amines is 1. The van der Waals surface area contributed by atoms with E-state index in [1.165, 1.54) is 0 Å². The van der Waals surface area contributed by atoms with E-state index in [0.717, 1.165) is 16.6 Å². The fraction of sp³-hybridized carbons (Fsp3) is 0.100. The maximum atomic E-state index is 8.64. The first-order valence-electron chi connectivity index (χ1n) is 3.79. The van der Waals surface area contributed by atoms with Crippen LogP contribution in [0.1, 0.15) is 11.3 Å². The number of aromatic nitrogens is 1. The van der Waals surface area contributed by atoms with Gasteiger partial charge in [-0.15, -0.1) is 0 Å². The first kappa shape index (κ1) is 6.93. The van der Waals surface area contributed by atoms with Crippen LogP contribution in [0.3, 0.4) is 0 Å². The van der Waals surface area contributed by atoms with Crippen molar-refractivity contribution in [2.45, 2.75) is 6.92 Å².